The average molecular weight is 1120 g/mol. The summed E-state index contributed by atoms with van der Waals surface area (Å²) >= 11 is 0. The molecule has 3 fully saturated rings. The van der Waals surface area contributed by atoms with Crippen molar-refractivity contribution in [1.29, 1.82) is 0 Å². The normalized spacial score (nSPS) is 28.4. The third-order valence-corrected chi connectivity index (χ3v) is 15.2. The van der Waals surface area contributed by atoms with E-state index < -0.39 is 91.7 Å². The predicted octanol–water partition coefficient (Wildman–Crippen LogP) is 8.28. The highest BCUT2D eigenvalue weighted by Crippen LogP contribution is 2.37. The number of hydrogen-bond acceptors (Lipinski definition) is 15. The van der Waals surface area contributed by atoms with Crippen LogP contribution in [0.5, 0.6) is 0 Å². The van der Waals surface area contributed by atoms with Crippen LogP contribution in [-0.2, 0) is 98.4 Å². The van der Waals surface area contributed by atoms with Gasteiger partial charge in [-0.2, -0.15) is 0 Å². The van der Waals surface area contributed by atoms with Crippen LogP contribution in [0.25, 0.3) is 0 Å². The predicted molar refractivity (Wildman–Crippen MR) is 311 cm³/mol. The molecule has 1 saturated carbocycles. The summed E-state index contributed by atoms with van der Waals surface area (Å²) in [6, 6.07) is 67.4. The van der Waals surface area contributed by atoms with Gasteiger partial charge in [0.1, 0.15) is 61.0 Å². The van der Waals surface area contributed by atoms with Crippen molar-refractivity contribution >= 4 is 0 Å². The molecule has 2 aliphatic heterocycles. The molecular formula is C67H78N4O11. The molecule has 15 atom stereocenters. The lowest BCUT2D eigenvalue weighted by molar-refractivity contribution is -0.351. The minimum atomic E-state index is -1.11. The topological polar surface area (TPSA) is 206 Å². The van der Waals surface area contributed by atoms with Crippen molar-refractivity contribution in [2.75, 3.05) is 13.2 Å². The summed E-state index contributed by atoms with van der Waals surface area (Å²) in [5.41, 5.74) is 35.4. The minimum absolute atomic E-state index is 0.0765. The smallest absolute Gasteiger partial charge is 0.187 e. The van der Waals surface area contributed by atoms with E-state index in [4.69, 9.17) is 75.0 Å². The Bertz CT molecular complexity index is 2870. The van der Waals surface area contributed by atoms with E-state index in [2.05, 4.69) is 0 Å². The van der Waals surface area contributed by atoms with Crippen molar-refractivity contribution < 1.29 is 52.1 Å². The van der Waals surface area contributed by atoms with Gasteiger partial charge in [-0.05, 0) is 45.4 Å². The lowest BCUT2D eigenvalue weighted by Gasteiger charge is -2.51. The molecule has 7 aromatic carbocycles. The van der Waals surface area contributed by atoms with Crippen molar-refractivity contribution in [2.24, 2.45) is 22.9 Å². The molecule has 3 aliphatic rings. The highest BCUT2D eigenvalue weighted by Gasteiger charge is 2.55. The van der Waals surface area contributed by atoms with Crippen molar-refractivity contribution in [3.63, 3.8) is 0 Å². The average Bonchev–Trinajstić information content (AvgIpc) is 3.69. The quantitative estimate of drug-likeness (QED) is 0.0383. The molecular weight excluding hydrogens is 1040 g/mol. The molecule has 2 heterocycles. The zero-order valence-electron chi connectivity index (χ0n) is 46.2. The number of nitrogens with two attached hydrogens (primary N) is 4. The van der Waals surface area contributed by atoms with Crippen LogP contribution in [0.3, 0.4) is 0 Å². The van der Waals surface area contributed by atoms with E-state index in [1.807, 2.05) is 212 Å². The van der Waals surface area contributed by atoms with E-state index in [1.54, 1.807) is 0 Å². The fourth-order valence-corrected chi connectivity index (χ4v) is 10.9. The number of benzene rings is 7. The van der Waals surface area contributed by atoms with Crippen LogP contribution in [0.2, 0.25) is 0 Å². The SMILES string of the molecule is NC[C@H]1O[C@H](O[C@H]2[C@H](OCc3ccccc3)[C@@H](O[C@H]3O[C@H](COCc4ccccc4)[C@@H](OCc4ccccc4)C(N)[C@H]3OCc3ccccc3)[C@H](N)C[C@@H]2N)[C@H](OCc2ccccc2)[C@@H](OCc2ccccc2)[C@@H]1OCc1ccccc1. The largest absolute Gasteiger partial charge is 0.374 e. The summed E-state index contributed by atoms with van der Waals surface area (Å²) in [4.78, 5) is 0. The molecule has 0 amide bonds. The first-order valence-corrected chi connectivity index (χ1v) is 28.5. The molecule has 7 aromatic rings. The van der Waals surface area contributed by atoms with E-state index in [0.29, 0.717) is 6.61 Å². The Labute approximate surface area is 481 Å². The minimum Gasteiger partial charge on any atom is -0.374 e. The van der Waals surface area contributed by atoms with Gasteiger partial charge in [0, 0.05) is 18.6 Å². The summed E-state index contributed by atoms with van der Waals surface area (Å²) in [5, 5.41) is 0. The van der Waals surface area contributed by atoms with Gasteiger partial charge in [-0.3, -0.25) is 0 Å². The van der Waals surface area contributed by atoms with Gasteiger partial charge in [0.2, 0.25) is 0 Å². The molecule has 10 rings (SSSR count). The lowest BCUT2D eigenvalue weighted by Crippen LogP contribution is -2.69. The van der Waals surface area contributed by atoms with Gasteiger partial charge in [0.15, 0.2) is 12.6 Å². The monoisotopic (exact) mass is 1110 g/mol. The van der Waals surface area contributed by atoms with E-state index in [1.165, 1.54) is 0 Å². The maximum absolute atomic E-state index is 7.41. The lowest BCUT2D eigenvalue weighted by atomic mass is 9.84. The van der Waals surface area contributed by atoms with Crippen LogP contribution in [0.4, 0.5) is 0 Å². The van der Waals surface area contributed by atoms with Crippen LogP contribution >= 0.6 is 0 Å². The second-order valence-electron chi connectivity index (χ2n) is 21.2. The summed E-state index contributed by atoms with van der Waals surface area (Å²) in [6.45, 7) is 1.91. The summed E-state index contributed by atoms with van der Waals surface area (Å²) in [5.74, 6) is 0. The first kappa shape index (κ1) is 59.1. The molecule has 15 heteroatoms. The van der Waals surface area contributed by atoms with Crippen LogP contribution in [0, 0.1) is 0 Å². The fourth-order valence-electron chi connectivity index (χ4n) is 10.9. The molecule has 0 radical (unpaired) electrons. The van der Waals surface area contributed by atoms with Gasteiger partial charge < -0.3 is 75.0 Å². The standard InChI is InChI=1S/C67H78N4O11/c68-37-55-61(74-40-48-26-12-3-13-27-48)64(77-43-51-32-18-6-19-33-51)65(78-44-52-34-20-7-21-35-52)67(79-55)82-59-54(70)36-53(69)58(63(59)76-42-50-30-16-5-17-31-50)81-66-62(75-41-49-28-14-4-15-29-49)57(71)60(73-39-47-24-10-2-11-25-47)56(80-66)45-72-38-46-22-8-1-9-23-46/h1-35,53-67H,36-45,68-71H2/t53-,54+,55-,56-,57?,58+,59-,60-,61-,62-,63-,64+,65-,66-,67-/m1/s1. The van der Waals surface area contributed by atoms with Crippen LogP contribution in [0.1, 0.15) is 45.4 Å². The summed E-state index contributed by atoms with van der Waals surface area (Å²) in [6.07, 6.45) is -10.0. The Kier molecular flexibility index (Phi) is 22.0. The Morgan fingerprint density at radius 3 is 0.988 bits per heavy atom. The first-order valence-electron chi connectivity index (χ1n) is 28.5. The maximum Gasteiger partial charge on any atom is 0.187 e. The molecule has 0 bridgehead atoms. The molecule has 432 valence electrons. The summed E-state index contributed by atoms with van der Waals surface area (Å²) < 4.78 is 76.5. The van der Waals surface area contributed by atoms with Gasteiger partial charge >= 0.3 is 0 Å². The Balaban J connectivity index is 0.985. The van der Waals surface area contributed by atoms with E-state index in [0.717, 1.165) is 38.9 Å². The molecule has 0 aromatic heterocycles. The number of ether oxygens (including phenoxy) is 11. The van der Waals surface area contributed by atoms with Crippen LogP contribution < -0.4 is 22.9 Å². The van der Waals surface area contributed by atoms with Crippen molar-refractivity contribution in [3.8, 4) is 0 Å². The maximum atomic E-state index is 7.41. The molecule has 0 spiro atoms. The summed E-state index contributed by atoms with van der Waals surface area (Å²) in [7, 11) is 0. The Morgan fingerprint density at radius 1 is 0.317 bits per heavy atom. The second-order valence-corrected chi connectivity index (χ2v) is 21.2. The molecule has 15 nitrogen and oxygen atoms in total. The van der Waals surface area contributed by atoms with Gasteiger partial charge in [-0.25, -0.2) is 0 Å². The van der Waals surface area contributed by atoms with Gasteiger partial charge in [0.25, 0.3) is 0 Å². The highest BCUT2D eigenvalue weighted by atomic mass is 16.7. The van der Waals surface area contributed by atoms with E-state index >= 15 is 0 Å². The van der Waals surface area contributed by atoms with Gasteiger partial charge in [-0.15, -0.1) is 0 Å². The molecule has 1 aliphatic carbocycles. The Morgan fingerprint density at radius 2 is 0.610 bits per heavy atom. The Hall–Kier alpha value is -6.06. The fraction of sp³-hybridized carbons (Fsp3) is 0.373. The second kappa shape index (κ2) is 30.5. The molecule has 82 heavy (non-hydrogen) atoms. The van der Waals surface area contributed by atoms with E-state index in [9.17, 15) is 0 Å². The van der Waals surface area contributed by atoms with Gasteiger partial charge in [-0.1, -0.05) is 212 Å². The first-order chi connectivity index (χ1) is 40.4. The van der Waals surface area contributed by atoms with Crippen LogP contribution in [0.15, 0.2) is 212 Å². The van der Waals surface area contributed by atoms with Crippen LogP contribution in [-0.4, -0.2) is 105 Å². The van der Waals surface area contributed by atoms with Crippen molar-refractivity contribution in [2.45, 2.75) is 144 Å². The zero-order chi connectivity index (χ0) is 56.3. The number of hydrogen-bond donors (Lipinski definition) is 4. The molecule has 8 N–H and O–H groups in total. The third-order valence-electron chi connectivity index (χ3n) is 15.2. The van der Waals surface area contributed by atoms with Crippen molar-refractivity contribution in [1.82, 2.24) is 0 Å². The van der Waals surface area contributed by atoms with Crippen molar-refractivity contribution in [3.05, 3.63) is 251 Å². The number of rotatable bonds is 27. The third kappa shape index (κ3) is 16.2. The van der Waals surface area contributed by atoms with Gasteiger partial charge in [0.05, 0.1) is 58.9 Å². The zero-order valence-corrected chi connectivity index (χ0v) is 46.2. The van der Waals surface area contributed by atoms with E-state index in [-0.39, 0.29) is 59.2 Å². The molecule has 2 saturated heterocycles. The molecule has 1 unspecified atom stereocenters. The highest BCUT2D eigenvalue weighted by molar-refractivity contribution is 5.19.